The monoisotopic (exact) mass is 433 g/mol. The Kier molecular flexibility index (Phi) is 8.25. The molecule has 0 aliphatic carbocycles. The first-order chi connectivity index (χ1) is 15.1. The summed E-state index contributed by atoms with van der Waals surface area (Å²) in [4.78, 5) is 24.9. The van der Waals surface area contributed by atoms with E-state index in [0.717, 1.165) is 16.1 Å². The van der Waals surface area contributed by atoms with Gasteiger partial charge in [0.15, 0.2) is 6.61 Å². The predicted molar refractivity (Wildman–Crippen MR) is 125 cm³/mol. The smallest absolute Gasteiger partial charge is 0.262 e. The van der Waals surface area contributed by atoms with Crippen LogP contribution in [0.4, 0.5) is 5.69 Å². The molecule has 3 aromatic carbocycles. The molecule has 0 atom stereocenters. The first-order valence-electron chi connectivity index (χ1n) is 9.67. The molecule has 0 aromatic heterocycles. The Labute approximate surface area is 185 Å². The van der Waals surface area contributed by atoms with Gasteiger partial charge in [0.05, 0.1) is 12.0 Å². The van der Waals surface area contributed by atoms with Gasteiger partial charge in [-0.1, -0.05) is 35.9 Å². The van der Waals surface area contributed by atoms with Gasteiger partial charge in [-0.05, 0) is 61.0 Å². The molecule has 31 heavy (non-hydrogen) atoms. The van der Waals surface area contributed by atoms with Crippen LogP contribution in [0, 0.1) is 6.92 Å². The van der Waals surface area contributed by atoms with Crippen molar-refractivity contribution in [1.82, 2.24) is 5.43 Å². The number of hydrazone groups is 1. The molecule has 0 saturated heterocycles. The van der Waals surface area contributed by atoms with E-state index in [-0.39, 0.29) is 24.2 Å². The SMILES string of the molecule is Cc1ccc(SCC(=O)NN=Cc2ccc(OCC(=O)Nc3ccccc3)cc2)cc1. The van der Waals surface area contributed by atoms with Crippen molar-refractivity contribution >= 4 is 35.5 Å². The first-order valence-corrected chi connectivity index (χ1v) is 10.7. The molecule has 0 aliphatic rings. The molecule has 0 saturated carbocycles. The van der Waals surface area contributed by atoms with E-state index in [1.807, 2.05) is 61.5 Å². The highest BCUT2D eigenvalue weighted by atomic mass is 32.2. The fourth-order valence-electron chi connectivity index (χ4n) is 2.51. The van der Waals surface area contributed by atoms with Crippen LogP contribution < -0.4 is 15.5 Å². The Balaban J connectivity index is 1.38. The standard InChI is InChI=1S/C24H23N3O3S/c1-18-7-13-22(14-8-18)31-17-24(29)27-25-15-19-9-11-21(12-10-19)30-16-23(28)26-20-5-3-2-4-6-20/h2-15H,16-17H2,1H3,(H,26,28)(H,27,29). The summed E-state index contributed by atoms with van der Waals surface area (Å²) in [6.07, 6.45) is 1.56. The highest BCUT2D eigenvalue weighted by Gasteiger charge is 2.04. The summed E-state index contributed by atoms with van der Waals surface area (Å²) in [6.45, 7) is 1.94. The molecule has 0 radical (unpaired) electrons. The van der Waals surface area contributed by atoms with Crippen molar-refractivity contribution in [3.63, 3.8) is 0 Å². The zero-order chi connectivity index (χ0) is 21.9. The number of thioether (sulfide) groups is 1. The summed E-state index contributed by atoms with van der Waals surface area (Å²) in [6, 6.07) is 24.3. The van der Waals surface area contributed by atoms with E-state index in [1.165, 1.54) is 17.3 Å². The lowest BCUT2D eigenvalue weighted by Gasteiger charge is -2.07. The minimum Gasteiger partial charge on any atom is -0.484 e. The number of carbonyl (C=O) groups excluding carboxylic acids is 2. The molecule has 0 unspecified atom stereocenters. The van der Waals surface area contributed by atoms with Gasteiger partial charge in [0.1, 0.15) is 5.75 Å². The van der Waals surface area contributed by atoms with Crippen molar-refractivity contribution in [1.29, 1.82) is 0 Å². The highest BCUT2D eigenvalue weighted by Crippen LogP contribution is 2.17. The van der Waals surface area contributed by atoms with Gasteiger partial charge in [-0.2, -0.15) is 5.10 Å². The fourth-order valence-corrected chi connectivity index (χ4v) is 3.20. The summed E-state index contributed by atoms with van der Waals surface area (Å²) in [5.74, 6) is 0.450. The third-order valence-electron chi connectivity index (χ3n) is 4.10. The number of nitrogens with one attached hydrogen (secondary N) is 2. The van der Waals surface area contributed by atoms with E-state index < -0.39 is 0 Å². The molecule has 158 valence electrons. The van der Waals surface area contributed by atoms with Crippen molar-refractivity contribution in [2.45, 2.75) is 11.8 Å². The molecule has 6 nitrogen and oxygen atoms in total. The van der Waals surface area contributed by atoms with Crippen LogP contribution in [0.5, 0.6) is 5.75 Å². The Morgan fingerprint density at radius 1 is 0.935 bits per heavy atom. The molecule has 2 amide bonds. The van der Waals surface area contributed by atoms with E-state index >= 15 is 0 Å². The third kappa shape index (κ3) is 7.98. The molecule has 0 fully saturated rings. The van der Waals surface area contributed by atoms with Gasteiger partial charge in [-0.25, -0.2) is 5.43 Å². The van der Waals surface area contributed by atoms with Crippen LogP contribution in [0.2, 0.25) is 0 Å². The quantitative estimate of drug-likeness (QED) is 0.300. The maximum absolute atomic E-state index is 11.9. The molecule has 7 heteroatoms. The molecule has 2 N–H and O–H groups in total. The first kappa shape index (κ1) is 22.1. The number of rotatable bonds is 9. The van der Waals surface area contributed by atoms with Crippen molar-refractivity contribution in [2.24, 2.45) is 5.10 Å². The van der Waals surface area contributed by atoms with Crippen LogP contribution in [0.1, 0.15) is 11.1 Å². The third-order valence-corrected chi connectivity index (χ3v) is 5.11. The maximum atomic E-state index is 11.9. The fraction of sp³-hybridized carbons (Fsp3) is 0.125. The number of hydrogen-bond donors (Lipinski definition) is 2. The van der Waals surface area contributed by atoms with Crippen LogP contribution in [0.3, 0.4) is 0 Å². The lowest BCUT2D eigenvalue weighted by atomic mass is 10.2. The van der Waals surface area contributed by atoms with Gasteiger partial charge in [-0.3, -0.25) is 9.59 Å². The number of nitrogens with zero attached hydrogens (tertiary/aromatic N) is 1. The molecule has 0 bridgehead atoms. The summed E-state index contributed by atoms with van der Waals surface area (Å²) >= 11 is 1.46. The average Bonchev–Trinajstić information content (AvgIpc) is 2.79. The molecular weight excluding hydrogens is 410 g/mol. The van der Waals surface area contributed by atoms with E-state index in [2.05, 4.69) is 15.8 Å². The summed E-state index contributed by atoms with van der Waals surface area (Å²) in [5.41, 5.74) is 5.22. The van der Waals surface area contributed by atoms with Gasteiger partial charge < -0.3 is 10.1 Å². The number of ether oxygens (including phenoxy) is 1. The van der Waals surface area contributed by atoms with Gasteiger partial charge in [0.2, 0.25) is 5.91 Å². The molecule has 0 heterocycles. The number of carbonyl (C=O) groups is 2. The molecular formula is C24H23N3O3S. The number of hydrogen-bond acceptors (Lipinski definition) is 5. The lowest BCUT2D eigenvalue weighted by molar-refractivity contribution is -0.119. The lowest BCUT2D eigenvalue weighted by Crippen LogP contribution is -2.20. The number of anilines is 1. The summed E-state index contributed by atoms with van der Waals surface area (Å²) < 4.78 is 5.49. The zero-order valence-electron chi connectivity index (χ0n) is 17.1. The Bertz CT molecular complexity index is 1020. The largest absolute Gasteiger partial charge is 0.484 e. The minimum absolute atomic E-state index is 0.0863. The number of aryl methyl sites for hydroxylation is 1. The Morgan fingerprint density at radius 2 is 1.65 bits per heavy atom. The molecule has 3 rings (SSSR count). The second-order valence-corrected chi connectivity index (χ2v) is 7.72. The minimum atomic E-state index is -0.233. The predicted octanol–water partition coefficient (Wildman–Crippen LogP) is 4.25. The van der Waals surface area contributed by atoms with E-state index in [1.54, 1.807) is 30.5 Å². The van der Waals surface area contributed by atoms with Gasteiger partial charge in [-0.15, -0.1) is 11.8 Å². The van der Waals surface area contributed by atoms with Crippen molar-refractivity contribution in [2.75, 3.05) is 17.7 Å². The zero-order valence-corrected chi connectivity index (χ0v) is 17.9. The van der Waals surface area contributed by atoms with Gasteiger partial charge in [0.25, 0.3) is 5.91 Å². The molecule has 0 aliphatic heterocycles. The van der Waals surface area contributed by atoms with Crippen LogP contribution in [-0.4, -0.2) is 30.4 Å². The molecule has 3 aromatic rings. The van der Waals surface area contributed by atoms with Crippen LogP contribution >= 0.6 is 11.8 Å². The van der Waals surface area contributed by atoms with Crippen molar-refractivity contribution in [3.05, 3.63) is 90.0 Å². The van der Waals surface area contributed by atoms with E-state index in [4.69, 9.17) is 4.74 Å². The van der Waals surface area contributed by atoms with Gasteiger partial charge in [0, 0.05) is 10.6 Å². The van der Waals surface area contributed by atoms with Crippen LogP contribution in [-0.2, 0) is 9.59 Å². The van der Waals surface area contributed by atoms with Crippen LogP contribution in [0.15, 0.2) is 88.9 Å². The maximum Gasteiger partial charge on any atom is 0.262 e. The van der Waals surface area contributed by atoms with Crippen molar-refractivity contribution < 1.29 is 14.3 Å². The van der Waals surface area contributed by atoms with Crippen molar-refractivity contribution in [3.8, 4) is 5.75 Å². The number of benzene rings is 3. The summed E-state index contributed by atoms with van der Waals surface area (Å²) in [7, 11) is 0. The van der Waals surface area contributed by atoms with Crippen LogP contribution in [0.25, 0.3) is 0 Å². The normalized spacial score (nSPS) is 10.6. The number of amides is 2. The van der Waals surface area contributed by atoms with E-state index in [0.29, 0.717) is 5.75 Å². The number of para-hydroxylation sites is 1. The average molecular weight is 434 g/mol. The molecule has 0 spiro atoms. The van der Waals surface area contributed by atoms with E-state index in [9.17, 15) is 9.59 Å². The van der Waals surface area contributed by atoms with Gasteiger partial charge >= 0.3 is 0 Å². The highest BCUT2D eigenvalue weighted by molar-refractivity contribution is 8.00. The second kappa shape index (κ2) is 11.6. The summed E-state index contributed by atoms with van der Waals surface area (Å²) in [5, 5.41) is 6.73. The Hall–Kier alpha value is -3.58. The second-order valence-electron chi connectivity index (χ2n) is 6.67. The topological polar surface area (TPSA) is 79.8 Å². The Morgan fingerprint density at radius 3 is 2.35 bits per heavy atom.